The van der Waals surface area contributed by atoms with Crippen LogP contribution < -0.4 is 11.1 Å². The summed E-state index contributed by atoms with van der Waals surface area (Å²) in [7, 11) is 0. The van der Waals surface area contributed by atoms with Crippen LogP contribution in [-0.2, 0) is 0 Å². The Morgan fingerprint density at radius 2 is 1.68 bits per heavy atom. The molecule has 0 aliphatic heterocycles. The molecule has 19 heavy (non-hydrogen) atoms. The molecule has 0 saturated carbocycles. The Bertz CT molecular complexity index is 573. The van der Waals surface area contributed by atoms with Gasteiger partial charge in [-0.05, 0) is 26.0 Å². The summed E-state index contributed by atoms with van der Waals surface area (Å²) in [4.78, 5) is 8.86. The molecule has 1 heterocycles. The third-order valence-electron chi connectivity index (χ3n) is 3.03. The van der Waals surface area contributed by atoms with E-state index in [1.54, 1.807) is 0 Å². The molecule has 2 aromatic rings. The average Bonchev–Trinajstić information content (AvgIpc) is 2.37. The summed E-state index contributed by atoms with van der Waals surface area (Å²) in [6.07, 6.45) is 0. The number of nitrogens with zero attached hydrogens (tertiary/aromatic N) is 2. The van der Waals surface area contributed by atoms with Gasteiger partial charge in [0.1, 0.15) is 17.5 Å². The fourth-order valence-corrected chi connectivity index (χ4v) is 1.71. The van der Waals surface area contributed by atoms with Crippen molar-refractivity contribution in [3.8, 4) is 0 Å². The summed E-state index contributed by atoms with van der Waals surface area (Å²) in [6.45, 7) is 8.10. The smallest absolute Gasteiger partial charge is 0.139 e. The average molecular weight is 256 g/mol. The van der Waals surface area contributed by atoms with Crippen LogP contribution in [0.1, 0.15) is 36.7 Å². The minimum absolute atomic E-state index is 0.251. The van der Waals surface area contributed by atoms with E-state index in [1.807, 2.05) is 19.1 Å². The molecule has 3 N–H and O–H groups in total. The van der Waals surface area contributed by atoms with E-state index in [1.165, 1.54) is 5.56 Å². The van der Waals surface area contributed by atoms with Gasteiger partial charge in [-0.2, -0.15) is 0 Å². The standard InChI is InChI=1S/C15H20N4/c1-9(2)14-18-13(16)11(4)15(19-14)17-12-7-5-10(3)6-8-12/h5-9H,1-4H3,(H3,16,17,18,19). The molecule has 0 atom stereocenters. The van der Waals surface area contributed by atoms with Crippen molar-refractivity contribution in [1.82, 2.24) is 9.97 Å². The first-order valence-electron chi connectivity index (χ1n) is 6.45. The number of aromatic nitrogens is 2. The van der Waals surface area contributed by atoms with E-state index in [0.29, 0.717) is 5.82 Å². The second-order valence-electron chi connectivity index (χ2n) is 5.09. The molecule has 0 amide bonds. The normalized spacial score (nSPS) is 10.8. The minimum Gasteiger partial charge on any atom is -0.383 e. The van der Waals surface area contributed by atoms with E-state index in [-0.39, 0.29) is 5.92 Å². The summed E-state index contributed by atoms with van der Waals surface area (Å²) < 4.78 is 0. The van der Waals surface area contributed by atoms with Gasteiger partial charge >= 0.3 is 0 Å². The molecule has 4 nitrogen and oxygen atoms in total. The van der Waals surface area contributed by atoms with Gasteiger partial charge < -0.3 is 11.1 Å². The SMILES string of the molecule is Cc1ccc(Nc2nc(C(C)C)nc(N)c2C)cc1. The number of anilines is 3. The summed E-state index contributed by atoms with van der Waals surface area (Å²) >= 11 is 0. The summed E-state index contributed by atoms with van der Waals surface area (Å²) in [5.74, 6) is 2.33. The van der Waals surface area contributed by atoms with E-state index in [2.05, 4.69) is 48.2 Å². The number of nitrogens with two attached hydrogens (primary N) is 1. The van der Waals surface area contributed by atoms with Crippen LogP contribution >= 0.6 is 0 Å². The Kier molecular flexibility index (Phi) is 3.69. The van der Waals surface area contributed by atoms with Crippen molar-refractivity contribution in [2.75, 3.05) is 11.1 Å². The lowest BCUT2D eigenvalue weighted by atomic mass is 10.2. The molecular formula is C15H20N4. The van der Waals surface area contributed by atoms with Crippen LogP contribution in [0.4, 0.5) is 17.3 Å². The van der Waals surface area contributed by atoms with Crippen LogP contribution in [0, 0.1) is 13.8 Å². The lowest BCUT2D eigenvalue weighted by Crippen LogP contribution is -2.08. The van der Waals surface area contributed by atoms with E-state index in [0.717, 1.165) is 22.9 Å². The predicted octanol–water partition coefficient (Wildman–Crippen LogP) is 3.54. The number of hydrogen-bond acceptors (Lipinski definition) is 4. The van der Waals surface area contributed by atoms with Crippen molar-refractivity contribution in [3.05, 3.63) is 41.2 Å². The monoisotopic (exact) mass is 256 g/mol. The molecule has 0 unspecified atom stereocenters. The molecule has 0 radical (unpaired) electrons. The number of nitrogen functional groups attached to an aromatic ring is 1. The van der Waals surface area contributed by atoms with Crippen molar-refractivity contribution >= 4 is 17.3 Å². The second-order valence-corrected chi connectivity index (χ2v) is 5.09. The highest BCUT2D eigenvalue weighted by Crippen LogP contribution is 2.24. The number of benzene rings is 1. The van der Waals surface area contributed by atoms with Gasteiger partial charge in [-0.1, -0.05) is 31.5 Å². The van der Waals surface area contributed by atoms with Gasteiger partial charge in [-0.15, -0.1) is 0 Å². The molecule has 0 aliphatic carbocycles. The molecule has 0 bridgehead atoms. The van der Waals surface area contributed by atoms with Crippen molar-refractivity contribution in [1.29, 1.82) is 0 Å². The summed E-state index contributed by atoms with van der Waals surface area (Å²) in [5, 5.41) is 3.30. The molecule has 0 spiro atoms. The maximum Gasteiger partial charge on any atom is 0.139 e. The van der Waals surface area contributed by atoms with E-state index in [9.17, 15) is 0 Å². The third kappa shape index (κ3) is 3.02. The first-order chi connectivity index (χ1) is 8.97. The Morgan fingerprint density at radius 1 is 1.05 bits per heavy atom. The molecule has 100 valence electrons. The highest BCUT2D eigenvalue weighted by atomic mass is 15.1. The molecule has 0 saturated heterocycles. The maximum atomic E-state index is 5.95. The van der Waals surface area contributed by atoms with Crippen molar-refractivity contribution < 1.29 is 0 Å². The highest BCUT2D eigenvalue weighted by Gasteiger charge is 2.11. The number of hydrogen-bond donors (Lipinski definition) is 2. The van der Waals surface area contributed by atoms with Crippen LogP contribution in [0.15, 0.2) is 24.3 Å². The zero-order valence-corrected chi connectivity index (χ0v) is 11.9. The molecule has 0 aliphatic rings. The zero-order valence-electron chi connectivity index (χ0n) is 11.9. The number of aryl methyl sites for hydroxylation is 1. The first-order valence-corrected chi connectivity index (χ1v) is 6.45. The van der Waals surface area contributed by atoms with Crippen LogP contribution in [0.2, 0.25) is 0 Å². The molecular weight excluding hydrogens is 236 g/mol. The predicted molar refractivity (Wildman–Crippen MR) is 79.7 cm³/mol. The van der Waals surface area contributed by atoms with Gasteiger partial charge in [-0.3, -0.25) is 0 Å². The van der Waals surface area contributed by atoms with Gasteiger partial charge in [0.05, 0.1) is 0 Å². The molecule has 0 fully saturated rings. The summed E-state index contributed by atoms with van der Waals surface area (Å²) in [5.41, 5.74) is 9.06. The largest absolute Gasteiger partial charge is 0.383 e. The van der Waals surface area contributed by atoms with Gasteiger partial charge in [0.2, 0.25) is 0 Å². The minimum atomic E-state index is 0.251. The Morgan fingerprint density at radius 3 is 2.26 bits per heavy atom. The van der Waals surface area contributed by atoms with Gasteiger partial charge in [0, 0.05) is 17.2 Å². The number of nitrogens with one attached hydrogen (secondary N) is 1. The van der Waals surface area contributed by atoms with Crippen molar-refractivity contribution in [3.63, 3.8) is 0 Å². The van der Waals surface area contributed by atoms with Crippen LogP contribution in [-0.4, -0.2) is 9.97 Å². The second kappa shape index (κ2) is 5.26. The molecule has 4 heteroatoms. The summed E-state index contributed by atoms with van der Waals surface area (Å²) in [6, 6.07) is 8.18. The third-order valence-corrected chi connectivity index (χ3v) is 3.03. The Hall–Kier alpha value is -2.10. The molecule has 1 aromatic carbocycles. The first kappa shape index (κ1) is 13.3. The molecule has 2 rings (SSSR count). The van der Waals surface area contributed by atoms with E-state index < -0.39 is 0 Å². The van der Waals surface area contributed by atoms with Crippen molar-refractivity contribution in [2.45, 2.75) is 33.6 Å². The van der Waals surface area contributed by atoms with E-state index >= 15 is 0 Å². The highest BCUT2D eigenvalue weighted by molar-refractivity contribution is 5.63. The van der Waals surface area contributed by atoms with E-state index in [4.69, 9.17) is 5.73 Å². The fourth-order valence-electron chi connectivity index (χ4n) is 1.71. The quantitative estimate of drug-likeness (QED) is 0.881. The maximum absolute atomic E-state index is 5.95. The lowest BCUT2D eigenvalue weighted by Gasteiger charge is -2.13. The Labute approximate surface area is 114 Å². The van der Waals surface area contributed by atoms with Crippen LogP contribution in [0.5, 0.6) is 0 Å². The van der Waals surface area contributed by atoms with Gasteiger partial charge in [0.25, 0.3) is 0 Å². The lowest BCUT2D eigenvalue weighted by molar-refractivity contribution is 0.776. The Balaban J connectivity index is 2.36. The molecule has 1 aromatic heterocycles. The zero-order chi connectivity index (χ0) is 14.0. The van der Waals surface area contributed by atoms with Gasteiger partial charge in [-0.25, -0.2) is 9.97 Å². The fraction of sp³-hybridized carbons (Fsp3) is 0.333. The number of rotatable bonds is 3. The van der Waals surface area contributed by atoms with Crippen LogP contribution in [0.3, 0.4) is 0 Å². The van der Waals surface area contributed by atoms with Gasteiger partial charge in [0.15, 0.2) is 0 Å². The topological polar surface area (TPSA) is 63.8 Å². The van der Waals surface area contributed by atoms with Crippen LogP contribution in [0.25, 0.3) is 0 Å². The van der Waals surface area contributed by atoms with Crippen molar-refractivity contribution in [2.24, 2.45) is 0 Å².